The first-order chi connectivity index (χ1) is 7.81. The summed E-state index contributed by atoms with van der Waals surface area (Å²) in [6.45, 7) is 1.39. The largest absolute Gasteiger partial charge is 0.465 e. The quantitative estimate of drug-likeness (QED) is 0.712. The van der Waals surface area contributed by atoms with Crippen molar-refractivity contribution in [2.24, 2.45) is 0 Å². The first kappa shape index (κ1) is 13.0. The maximum absolute atomic E-state index is 12.5. The number of rotatable bonds is 1. The molecule has 0 spiro atoms. The van der Waals surface area contributed by atoms with Crippen molar-refractivity contribution < 1.29 is 22.7 Å². The topological polar surface area (TPSA) is 50.1 Å². The van der Waals surface area contributed by atoms with Crippen LogP contribution in [0.2, 0.25) is 0 Å². The molecule has 17 heavy (non-hydrogen) atoms. The summed E-state index contributed by atoms with van der Waals surface area (Å²) in [5.74, 6) is -0.898. The smallest absolute Gasteiger partial charge is 0.416 e. The van der Waals surface area contributed by atoms with Crippen molar-refractivity contribution in [2.45, 2.75) is 13.1 Å². The minimum atomic E-state index is -4.61. The fourth-order valence-electron chi connectivity index (χ4n) is 1.32. The molecule has 90 valence electrons. The number of carbonyl (C=O) groups is 1. The molecule has 0 amide bonds. The fraction of sp³-hybridized carbons (Fsp3) is 0.273. The summed E-state index contributed by atoms with van der Waals surface area (Å²) in [6.07, 6.45) is -4.61. The summed E-state index contributed by atoms with van der Waals surface area (Å²) in [5.41, 5.74) is -1.31. The van der Waals surface area contributed by atoms with Crippen LogP contribution in [-0.4, -0.2) is 13.1 Å². The van der Waals surface area contributed by atoms with Gasteiger partial charge in [-0.15, -0.1) is 0 Å². The van der Waals surface area contributed by atoms with E-state index in [2.05, 4.69) is 4.74 Å². The van der Waals surface area contributed by atoms with Crippen molar-refractivity contribution in [1.29, 1.82) is 5.26 Å². The van der Waals surface area contributed by atoms with Crippen LogP contribution in [0.4, 0.5) is 13.2 Å². The lowest BCUT2D eigenvalue weighted by molar-refractivity contribution is -0.137. The van der Waals surface area contributed by atoms with Crippen LogP contribution in [0.15, 0.2) is 12.1 Å². The SMILES string of the molecule is COC(=O)c1cc(C(F)(F)F)cc(C#N)c1C. The van der Waals surface area contributed by atoms with E-state index in [9.17, 15) is 18.0 Å². The van der Waals surface area contributed by atoms with Crippen LogP contribution in [0.5, 0.6) is 0 Å². The maximum Gasteiger partial charge on any atom is 0.416 e. The highest BCUT2D eigenvalue weighted by molar-refractivity contribution is 5.92. The summed E-state index contributed by atoms with van der Waals surface area (Å²) in [5, 5.41) is 8.72. The number of ether oxygens (including phenoxy) is 1. The first-order valence-electron chi connectivity index (χ1n) is 4.51. The van der Waals surface area contributed by atoms with Gasteiger partial charge in [-0.3, -0.25) is 0 Å². The highest BCUT2D eigenvalue weighted by atomic mass is 19.4. The second-order valence-corrected chi connectivity index (χ2v) is 3.30. The fourth-order valence-corrected chi connectivity index (χ4v) is 1.32. The van der Waals surface area contributed by atoms with Crippen LogP contribution in [0.1, 0.15) is 27.0 Å². The minimum absolute atomic E-state index is 0.173. The normalized spacial score (nSPS) is 10.8. The number of methoxy groups -OCH3 is 1. The average Bonchev–Trinajstić information content (AvgIpc) is 2.26. The van der Waals surface area contributed by atoms with Gasteiger partial charge >= 0.3 is 12.1 Å². The molecule has 0 bridgehead atoms. The highest BCUT2D eigenvalue weighted by Crippen LogP contribution is 2.32. The zero-order valence-electron chi connectivity index (χ0n) is 9.05. The molecule has 0 aliphatic carbocycles. The second kappa shape index (κ2) is 4.45. The van der Waals surface area contributed by atoms with Gasteiger partial charge < -0.3 is 4.74 Å². The molecule has 3 nitrogen and oxygen atoms in total. The summed E-state index contributed by atoms with van der Waals surface area (Å²) in [6, 6.07) is 3.01. The van der Waals surface area contributed by atoms with Crippen LogP contribution in [0, 0.1) is 18.3 Å². The molecular formula is C11H8F3NO2. The lowest BCUT2D eigenvalue weighted by Gasteiger charge is -2.11. The Kier molecular flexibility index (Phi) is 3.42. The van der Waals surface area contributed by atoms with Crippen molar-refractivity contribution in [1.82, 2.24) is 0 Å². The van der Waals surface area contributed by atoms with E-state index in [0.29, 0.717) is 12.1 Å². The van der Waals surface area contributed by atoms with Gasteiger partial charge in [0.25, 0.3) is 0 Å². The van der Waals surface area contributed by atoms with E-state index >= 15 is 0 Å². The van der Waals surface area contributed by atoms with E-state index in [0.717, 1.165) is 7.11 Å². The zero-order chi connectivity index (χ0) is 13.2. The number of esters is 1. The molecule has 0 aliphatic rings. The van der Waals surface area contributed by atoms with Gasteiger partial charge in [0.05, 0.1) is 29.9 Å². The molecule has 0 unspecified atom stereocenters. The summed E-state index contributed by atoms with van der Waals surface area (Å²) < 4.78 is 41.9. The standard InChI is InChI=1S/C11H8F3NO2/c1-6-7(5-15)3-8(11(12,13)14)4-9(6)10(16)17-2/h3-4H,1-2H3. The lowest BCUT2D eigenvalue weighted by Crippen LogP contribution is -2.11. The van der Waals surface area contributed by atoms with Crippen molar-refractivity contribution >= 4 is 5.97 Å². The Morgan fingerprint density at radius 3 is 2.41 bits per heavy atom. The molecule has 1 aromatic rings. The number of halogens is 3. The number of alkyl halides is 3. The molecule has 0 aliphatic heterocycles. The van der Waals surface area contributed by atoms with Gasteiger partial charge in [0.1, 0.15) is 0 Å². The molecule has 0 atom stereocenters. The van der Waals surface area contributed by atoms with Gasteiger partial charge in [0.15, 0.2) is 0 Å². The van der Waals surface area contributed by atoms with E-state index < -0.39 is 17.7 Å². The third-order valence-electron chi connectivity index (χ3n) is 2.26. The molecule has 6 heteroatoms. The Morgan fingerprint density at radius 2 is 2.00 bits per heavy atom. The van der Waals surface area contributed by atoms with E-state index in [1.54, 1.807) is 6.07 Å². The molecule has 0 radical (unpaired) electrons. The maximum atomic E-state index is 12.5. The van der Waals surface area contributed by atoms with Crippen molar-refractivity contribution in [2.75, 3.05) is 7.11 Å². The molecule has 1 aromatic carbocycles. The molecule has 0 fully saturated rings. The van der Waals surface area contributed by atoms with Gasteiger partial charge in [-0.1, -0.05) is 0 Å². The van der Waals surface area contributed by atoms with Crippen LogP contribution in [0.3, 0.4) is 0 Å². The minimum Gasteiger partial charge on any atom is -0.465 e. The number of hydrogen-bond acceptors (Lipinski definition) is 3. The number of nitriles is 1. The predicted octanol–water partition coefficient (Wildman–Crippen LogP) is 2.67. The lowest BCUT2D eigenvalue weighted by atomic mass is 9.99. The van der Waals surface area contributed by atoms with Crippen LogP contribution in [-0.2, 0) is 10.9 Å². The van der Waals surface area contributed by atoms with Crippen molar-refractivity contribution in [3.63, 3.8) is 0 Å². The van der Waals surface area contributed by atoms with Gasteiger partial charge in [-0.25, -0.2) is 4.79 Å². The summed E-state index contributed by atoms with van der Waals surface area (Å²) in [7, 11) is 1.06. The van der Waals surface area contributed by atoms with Gasteiger partial charge in [-0.2, -0.15) is 18.4 Å². The molecule has 1 rings (SSSR count). The molecular weight excluding hydrogens is 235 g/mol. The number of hydrogen-bond donors (Lipinski definition) is 0. The Balaban J connectivity index is 3.51. The molecule has 0 saturated carbocycles. The summed E-state index contributed by atoms with van der Waals surface area (Å²) >= 11 is 0. The second-order valence-electron chi connectivity index (χ2n) is 3.30. The Labute approximate surface area is 95.4 Å². The highest BCUT2D eigenvalue weighted by Gasteiger charge is 2.32. The van der Waals surface area contributed by atoms with E-state index in [1.807, 2.05) is 0 Å². The Morgan fingerprint density at radius 1 is 1.41 bits per heavy atom. The van der Waals surface area contributed by atoms with E-state index in [1.165, 1.54) is 6.92 Å². The van der Waals surface area contributed by atoms with Gasteiger partial charge in [0, 0.05) is 0 Å². The molecule has 0 aromatic heterocycles. The van der Waals surface area contributed by atoms with E-state index in [-0.39, 0.29) is 16.7 Å². The summed E-state index contributed by atoms with van der Waals surface area (Å²) in [4.78, 5) is 11.3. The van der Waals surface area contributed by atoms with Crippen LogP contribution >= 0.6 is 0 Å². The Hall–Kier alpha value is -2.03. The average molecular weight is 243 g/mol. The van der Waals surface area contributed by atoms with Crippen LogP contribution in [0.25, 0.3) is 0 Å². The van der Waals surface area contributed by atoms with Crippen molar-refractivity contribution in [3.05, 3.63) is 34.4 Å². The molecule has 0 saturated heterocycles. The Bertz CT molecular complexity index is 501. The van der Waals surface area contributed by atoms with Crippen LogP contribution < -0.4 is 0 Å². The monoisotopic (exact) mass is 243 g/mol. The van der Waals surface area contributed by atoms with Crippen molar-refractivity contribution in [3.8, 4) is 6.07 Å². The number of benzene rings is 1. The zero-order valence-corrected chi connectivity index (χ0v) is 9.05. The number of carbonyl (C=O) groups excluding carboxylic acids is 1. The molecule has 0 heterocycles. The van der Waals surface area contributed by atoms with Gasteiger partial charge in [0.2, 0.25) is 0 Å². The number of nitrogens with zero attached hydrogens (tertiary/aromatic N) is 1. The predicted molar refractivity (Wildman–Crippen MR) is 52.2 cm³/mol. The van der Waals surface area contributed by atoms with Gasteiger partial charge in [-0.05, 0) is 24.6 Å². The third-order valence-corrected chi connectivity index (χ3v) is 2.26. The first-order valence-corrected chi connectivity index (χ1v) is 4.51. The third kappa shape index (κ3) is 2.56. The van der Waals surface area contributed by atoms with E-state index in [4.69, 9.17) is 5.26 Å². The molecule has 0 N–H and O–H groups in total.